The summed E-state index contributed by atoms with van der Waals surface area (Å²) in [5.74, 6) is 0.365. The number of nitrogens with zero attached hydrogens (tertiary/aromatic N) is 1. The van der Waals surface area contributed by atoms with Crippen LogP contribution in [-0.2, 0) is 15.9 Å². The smallest absolute Gasteiger partial charge is 0.207 e. The molecule has 2 aliphatic carbocycles. The molecule has 6 heteroatoms. The molecule has 0 unspecified atom stereocenters. The first-order valence-corrected chi connectivity index (χ1v) is 9.32. The number of benzene rings is 1. The van der Waals surface area contributed by atoms with Crippen LogP contribution in [0.3, 0.4) is 0 Å². The van der Waals surface area contributed by atoms with Gasteiger partial charge in [-0.05, 0) is 55.2 Å². The van der Waals surface area contributed by atoms with Crippen molar-refractivity contribution in [2.75, 3.05) is 13.1 Å². The van der Waals surface area contributed by atoms with Crippen LogP contribution in [0, 0.1) is 17.7 Å². The molecule has 0 N–H and O–H groups in total. The van der Waals surface area contributed by atoms with Crippen LogP contribution in [0.1, 0.15) is 31.2 Å². The van der Waals surface area contributed by atoms with Crippen LogP contribution in [0.4, 0.5) is 4.39 Å². The highest BCUT2D eigenvalue weighted by atomic mass is 35.5. The third-order valence-corrected chi connectivity index (χ3v) is 6.24. The largest absolute Gasteiger partial charge is 0.246 e. The maximum absolute atomic E-state index is 14.0. The zero-order valence-corrected chi connectivity index (χ0v) is 13.3. The van der Waals surface area contributed by atoms with Gasteiger partial charge < -0.3 is 0 Å². The summed E-state index contributed by atoms with van der Waals surface area (Å²) in [6.45, 7) is 1.03. The van der Waals surface area contributed by atoms with Gasteiger partial charge in [-0.15, -0.1) is 11.6 Å². The quantitative estimate of drug-likeness (QED) is 0.718. The van der Waals surface area contributed by atoms with Gasteiger partial charge in [-0.25, -0.2) is 12.8 Å². The fraction of sp³-hybridized carbons (Fsp3) is 0.600. The van der Waals surface area contributed by atoms with Gasteiger partial charge in [0, 0.05) is 19.0 Å². The molecule has 0 heterocycles. The highest BCUT2D eigenvalue weighted by Gasteiger charge is 2.36. The number of halogens is 2. The van der Waals surface area contributed by atoms with Gasteiger partial charge in [0.05, 0.1) is 0 Å². The van der Waals surface area contributed by atoms with Crippen molar-refractivity contribution in [3.05, 3.63) is 29.6 Å². The Hall–Kier alpha value is -0.650. The Kier molecular flexibility index (Phi) is 4.26. The van der Waals surface area contributed by atoms with E-state index < -0.39 is 15.8 Å². The van der Waals surface area contributed by atoms with Crippen LogP contribution < -0.4 is 0 Å². The van der Waals surface area contributed by atoms with Crippen LogP contribution in [0.5, 0.6) is 0 Å². The van der Waals surface area contributed by atoms with Gasteiger partial charge >= 0.3 is 0 Å². The Morgan fingerprint density at radius 2 is 1.71 bits per heavy atom. The number of hydrogen-bond acceptors (Lipinski definition) is 2. The Morgan fingerprint density at radius 1 is 1.14 bits per heavy atom. The maximum Gasteiger partial charge on any atom is 0.246 e. The van der Waals surface area contributed by atoms with Gasteiger partial charge in [-0.1, -0.05) is 6.07 Å². The zero-order chi connectivity index (χ0) is 15.0. The third-order valence-electron chi connectivity index (χ3n) is 4.09. The molecular formula is C15H19ClFNO2S. The molecule has 2 fully saturated rings. The van der Waals surface area contributed by atoms with E-state index in [0.29, 0.717) is 30.5 Å². The van der Waals surface area contributed by atoms with Crippen molar-refractivity contribution in [2.24, 2.45) is 11.8 Å². The summed E-state index contributed by atoms with van der Waals surface area (Å²) in [5.41, 5.74) is 0.620. The van der Waals surface area contributed by atoms with Crippen LogP contribution in [0.2, 0.25) is 0 Å². The van der Waals surface area contributed by atoms with Crippen molar-refractivity contribution in [1.29, 1.82) is 0 Å². The average Bonchev–Trinajstić information content (AvgIpc) is 3.33. The summed E-state index contributed by atoms with van der Waals surface area (Å²) in [6, 6.07) is 4.08. The van der Waals surface area contributed by atoms with E-state index >= 15 is 0 Å². The minimum absolute atomic E-state index is 0.175. The van der Waals surface area contributed by atoms with Crippen molar-refractivity contribution < 1.29 is 12.8 Å². The molecule has 0 aliphatic heterocycles. The first kappa shape index (κ1) is 15.3. The van der Waals surface area contributed by atoms with Crippen molar-refractivity contribution in [2.45, 2.75) is 36.5 Å². The third kappa shape index (κ3) is 3.58. The molecule has 0 bridgehead atoms. The SMILES string of the molecule is O=S(=O)(c1cc(CCl)ccc1F)N(CC1CC1)CC1CC1. The molecule has 0 atom stereocenters. The Morgan fingerprint density at radius 3 is 2.19 bits per heavy atom. The normalized spacial score (nSPS) is 19.2. The van der Waals surface area contributed by atoms with Crippen molar-refractivity contribution in [1.82, 2.24) is 4.31 Å². The van der Waals surface area contributed by atoms with E-state index in [1.165, 1.54) is 22.5 Å². The number of alkyl halides is 1. The number of sulfonamides is 1. The molecule has 3 nitrogen and oxygen atoms in total. The standard InChI is InChI=1S/C15H19ClFNO2S/c16-8-13-5-6-14(17)15(7-13)21(19,20)18(9-11-1-2-11)10-12-3-4-12/h5-7,11-12H,1-4,8-10H2. The first-order chi connectivity index (χ1) is 10.0. The van der Waals surface area contributed by atoms with Crippen LogP contribution in [0.25, 0.3) is 0 Å². The van der Waals surface area contributed by atoms with Gasteiger partial charge in [0.1, 0.15) is 10.7 Å². The number of rotatable bonds is 7. The molecule has 0 saturated heterocycles. The molecule has 2 aliphatic rings. The predicted octanol–water partition coefficient (Wildman–Crippen LogP) is 3.38. The monoisotopic (exact) mass is 331 g/mol. The summed E-state index contributed by atoms with van der Waals surface area (Å²) in [6.07, 6.45) is 4.28. The topological polar surface area (TPSA) is 37.4 Å². The molecule has 1 aromatic carbocycles. The molecule has 1 aromatic rings. The van der Waals surface area contributed by atoms with Crippen LogP contribution >= 0.6 is 11.6 Å². The van der Waals surface area contributed by atoms with Crippen molar-refractivity contribution in [3.8, 4) is 0 Å². The lowest BCUT2D eigenvalue weighted by atomic mass is 10.2. The Labute approximate surface area is 130 Å². The second kappa shape index (κ2) is 5.86. The van der Waals surface area contributed by atoms with Gasteiger partial charge in [0.15, 0.2) is 0 Å². The summed E-state index contributed by atoms with van der Waals surface area (Å²) in [4.78, 5) is -0.234. The van der Waals surface area contributed by atoms with Gasteiger partial charge in [0.25, 0.3) is 0 Å². The average molecular weight is 332 g/mol. The van der Waals surface area contributed by atoms with E-state index in [0.717, 1.165) is 25.7 Å². The van der Waals surface area contributed by atoms with Gasteiger partial charge in [0.2, 0.25) is 10.0 Å². The van der Waals surface area contributed by atoms with E-state index in [1.807, 2.05) is 0 Å². The predicted molar refractivity (Wildman–Crippen MR) is 80.2 cm³/mol. The maximum atomic E-state index is 14.0. The van der Waals surface area contributed by atoms with E-state index in [1.54, 1.807) is 0 Å². The Balaban J connectivity index is 1.91. The fourth-order valence-electron chi connectivity index (χ4n) is 2.42. The minimum atomic E-state index is -3.77. The lowest BCUT2D eigenvalue weighted by Gasteiger charge is -2.22. The number of hydrogen-bond donors (Lipinski definition) is 0. The first-order valence-electron chi connectivity index (χ1n) is 7.35. The fourth-order valence-corrected chi connectivity index (χ4v) is 4.29. The molecule has 0 radical (unpaired) electrons. The molecule has 0 spiro atoms. The molecule has 116 valence electrons. The summed E-state index contributed by atoms with van der Waals surface area (Å²) in [5, 5.41) is 0. The zero-order valence-electron chi connectivity index (χ0n) is 11.8. The lowest BCUT2D eigenvalue weighted by molar-refractivity contribution is 0.379. The van der Waals surface area contributed by atoms with E-state index in [4.69, 9.17) is 11.6 Å². The summed E-state index contributed by atoms with van der Waals surface area (Å²) < 4.78 is 41.1. The lowest BCUT2D eigenvalue weighted by Crippen LogP contribution is -2.35. The van der Waals surface area contributed by atoms with Gasteiger partial charge in [-0.3, -0.25) is 0 Å². The van der Waals surface area contributed by atoms with E-state index in [2.05, 4.69) is 0 Å². The van der Waals surface area contributed by atoms with E-state index in [9.17, 15) is 12.8 Å². The van der Waals surface area contributed by atoms with Crippen LogP contribution in [0.15, 0.2) is 23.1 Å². The van der Waals surface area contributed by atoms with Gasteiger partial charge in [-0.2, -0.15) is 4.31 Å². The van der Waals surface area contributed by atoms with Crippen LogP contribution in [-0.4, -0.2) is 25.8 Å². The molecule has 0 amide bonds. The van der Waals surface area contributed by atoms with Crippen molar-refractivity contribution >= 4 is 21.6 Å². The second-order valence-corrected chi connectivity index (χ2v) is 8.28. The molecular weight excluding hydrogens is 313 g/mol. The minimum Gasteiger partial charge on any atom is -0.207 e. The van der Waals surface area contributed by atoms with Crippen molar-refractivity contribution in [3.63, 3.8) is 0 Å². The van der Waals surface area contributed by atoms with E-state index in [-0.39, 0.29) is 10.8 Å². The highest BCUT2D eigenvalue weighted by molar-refractivity contribution is 7.89. The summed E-state index contributed by atoms with van der Waals surface area (Å²) >= 11 is 5.74. The molecule has 3 rings (SSSR count). The highest BCUT2D eigenvalue weighted by Crippen LogP contribution is 2.36. The molecule has 21 heavy (non-hydrogen) atoms. The molecule has 2 saturated carbocycles. The second-order valence-electron chi connectivity index (χ2n) is 6.11. The molecule has 0 aromatic heterocycles. The summed E-state index contributed by atoms with van der Waals surface area (Å²) in [7, 11) is -3.77. The Bertz CT molecular complexity index is 613.